The van der Waals surface area contributed by atoms with E-state index in [1.54, 1.807) is 13.2 Å². The molecule has 0 aliphatic carbocycles. The molecule has 1 aliphatic rings. The third-order valence-corrected chi connectivity index (χ3v) is 4.96. The van der Waals surface area contributed by atoms with Gasteiger partial charge in [0.2, 0.25) is 17.6 Å². The molecule has 2 N–H and O–H groups in total. The molecule has 0 spiro atoms. The fourth-order valence-electron chi connectivity index (χ4n) is 3.12. The third kappa shape index (κ3) is 4.69. The molecule has 4 aromatic rings. The van der Waals surface area contributed by atoms with Crippen LogP contribution in [0.1, 0.15) is 17.6 Å². The van der Waals surface area contributed by atoms with Crippen molar-refractivity contribution in [1.82, 2.24) is 25.4 Å². The summed E-state index contributed by atoms with van der Waals surface area (Å²) < 4.78 is 48.3. The van der Waals surface area contributed by atoms with E-state index in [9.17, 15) is 13.2 Å². The summed E-state index contributed by atoms with van der Waals surface area (Å²) in [5, 5.41) is 15.4. The van der Waals surface area contributed by atoms with Crippen LogP contribution in [0.25, 0.3) is 33.9 Å². The Balaban J connectivity index is 0.000000344. The summed E-state index contributed by atoms with van der Waals surface area (Å²) >= 11 is 0. The number of carbonyl (C=O) groups is 1. The lowest BCUT2D eigenvalue weighted by molar-refractivity contribution is -0.192. The van der Waals surface area contributed by atoms with Crippen LogP contribution in [0.4, 0.5) is 13.2 Å². The van der Waals surface area contributed by atoms with E-state index in [0.29, 0.717) is 40.9 Å². The van der Waals surface area contributed by atoms with Crippen LogP contribution in [-0.4, -0.2) is 57.6 Å². The predicted molar refractivity (Wildman–Crippen MR) is 111 cm³/mol. The zero-order valence-corrected chi connectivity index (χ0v) is 17.9. The second kappa shape index (κ2) is 9.09. The van der Waals surface area contributed by atoms with Gasteiger partial charge >= 0.3 is 12.1 Å². The number of hydrogen-bond acceptors (Lipinski definition) is 9. The summed E-state index contributed by atoms with van der Waals surface area (Å²) in [6, 6.07) is 9.56. The molecule has 3 aromatic heterocycles. The number of halogens is 3. The average molecular weight is 477 g/mol. The molecule has 0 radical (unpaired) electrons. The smallest absolute Gasteiger partial charge is 0.481 e. The van der Waals surface area contributed by atoms with Crippen molar-refractivity contribution in [3.05, 3.63) is 42.0 Å². The van der Waals surface area contributed by atoms with E-state index in [1.807, 2.05) is 31.2 Å². The maximum absolute atomic E-state index is 10.6. The first-order valence-corrected chi connectivity index (χ1v) is 9.93. The largest absolute Gasteiger partial charge is 0.490 e. The number of aryl methyl sites for hydroxylation is 1. The molecule has 178 valence electrons. The van der Waals surface area contributed by atoms with E-state index in [4.69, 9.17) is 23.6 Å². The number of oxazole rings is 1. The first kappa shape index (κ1) is 23.2. The number of para-hydroxylation sites is 1. The Kier molecular flexibility index (Phi) is 6.20. The second-order valence-electron chi connectivity index (χ2n) is 7.27. The highest BCUT2D eigenvalue weighted by Crippen LogP contribution is 2.32. The lowest BCUT2D eigenvalue weighted by Crippen LogP contribution is -2.40. The van der Waals surface area contributed by atoms with Gasteiger partial charge in [0, 0.05) is 30.1 Å². The number of aliphatic carboxylic acids is 1. The van der Waals surface area contributed by atoms with Gasteiger partial charge < -0.3 is 24.1 Å². The predicted octanol–water partition coefficient (Wildman–Crippen LogP) is 3.58. The van der Waals surface area contributed by atoms with E-state index in [0.717, 1.165) is 29.6 Å². The van der Waals surface area contributed by atoms with Crippen LogP contribution in [0.3, 0.4) is 0 Å². The quantitative estimate of drug-likeness (QED) is 0.449. The molecular formula is C21H18F3N5O5. The van der Waals surface area contributed by atoms with E-state index < -0.39 is 12.1 Å². The van der Waals surface area contributed by atoms with Crippen molar-refractivity contribution in [3.63, 3.8) is 0 Å². The van der Waals surface area contributed by atoms with Gasteiger partial charge in [0.1, 0.15) is 5.76 Å². The molecule has 1 saturated heterocycles. The number of methoxy groups -OCH3 is 1. The van der Waals surface area contributed by atoms with Gasteiger partial charge in [-0.2, -0.15) is 18.2 Å². The Labute approximate surface area is 189 Å². The van der Waals surface area contributed by atoms with Gasteiger partial charge in [-0.15, -0.1) is 0 Å². The highest BCUT2D eigenvalue weighted by molar-refractivity contribution is 5.93. The fraction of sp³-hybridized carbons (Fsp3) is 0.286. The van der Waals surface area contributed by atoms with Crippen molar-refractivity contribution in [1.29, 1.82) is 0 Å². The van der Waals surface area contributed by atoms with Crippen LogP contribution in [-0.2, 0) is 4.79 Å². The maximum atomic E-state index is 10.6. The number of rotatable bonds is 4. The number of ether oxygens (including phenoxy) is 1. The van der Waals surface area contributed by atoms with Crippen LogP contribution in [0.2, 0.25) is 0 Å². The number of carboxylic acids is 1. The number of carboxylic acid groups (broad SMARTS) is 1. The number of benzene rings is 1. The average Bonchev–Trinajstić information content (AvgIpc) is 3.38. The minimum atomic E-state index is -5.08. The SMILES string of the molecule is COc1cc(-c2noc(-c3nc(C4CNC4)oc3C)n2)c2ccccc2n1.O=C(O)C(F)(F)F. The van der Waals surface area contributed by atoms with Crippen LogP contribution in [0, 0.1) is 6.92 Å². The summed E-state index contributed by atoms with van der Waals surface area (Å²) in [4.78, 5) is 22.5. The molecule has 5 rings (SSSR count). The van der Waals surface area contributed by atoms with E-state index in [2.05, 4.69) is 25.4 Å². The van der Waals surface area contributed by atoms with Gasteiger partial charge in [-0.3, -0.25) is 0 Å². The normalized spacial score (nSPS) is 13.8. The molecular weight excluding hydrogens is 459 g/mol. The molecule has 0 bridgehead atoms. The topological polar surface area (TPSA) is 136 Å². The molecule has 10 nitrogen and oxygen atoms in total. The number of nitrogens with one attached hydrogen (secondary N) is 1. The van der Waals surface area contributed by atoms with Crippen LogP contribution in [0.15, 0.2) is 39.3 Å². The molecule has 1 aliphatic heterocycles. The summed E-state index contributed by atoms with van der Waals surface area (Å²) in [6.07, 6.45) is -5.08. The standard InChI is InChI=1S/C19H17N5O3.C2HF3O2/c1-10-16(22-18(26-10)11-8-20-9-11)19-23-17(24-27-19)13-7-15(25-2)21-14-6-4-3-5-12(13)14;3-2(4,5)1(6)7/h3-7,11,20H,8-9H2,1-2H3;(H,6,7). The fourth-order valence-corrected chi connectivity index (χ4v) is 3.12. The molecule has 13 heteroatoms. The number of hydrogen-bond donors (Lipinski definition) is 2. The van der Waals surface area contributed by atoms with Crippen molar-refractivity contribution in [2.24, 2.45) is 0 Å². The monoisotopic (exact) mass is 477 g/mol. The van der Waals surface area contributed by atoms with Crippen LogP contribution in [0.5, 0.6) is 5.88 Å². The van der Waals surface area contributed by atoms with Gasteiger partial charge in [-0.25, -0.2) is 14.8 Å². The Morgan fingerprint density at radius 1 is 1.21 bits per heavy atom. The second-order valence-corrected chi connectivity index (χ2v) is 7.27. The lowest BCUT2D eigenvalue weighted by Gasteiger charge is -2.23. The summed E-state index contributed by atoms with van der Waals surface area (Å²) in [5.74, 6) is 0.204. The zero-order valence-electron chi connectivity index (χ0n) is 17.9. The number of nitrogens with zero attached hydrogens (tertiary/aromatic N) is 4. The first-order valence-electron chi connectivity index (χ1n) is 9.93. The molecule has 0 atom stereocenters. The van der Waals surface area contributed by atoms with Crippen molar-refractivity contribution in [3.8, 4) is 28.9 Å². The molecule has 1 fully saturated rings. The van der Waals surface area contributed by atoms with Gasteiger partial charge in [-0.1, -0.05) is 23.4 Å². The van der Waals surface area contributed by atoms with Crippen molar-refractivity contribution in [2.75, 3.05) is 20.2 Å². The Morgan fingerprint density at radius 2 is 1.91 bits per heavy atom. The highest BCUT2D eigenvalue weighted by atomic mass is 19.4. The summed E-state index contributed by atoms with van der Waals surface area (Å²) in [6.45, 7) is 3.60. The number of aromatic nitrogens is 4. The minimum Gasteiger partial charge on any atom is -0.481 e. The van der Waals surface area contributed by atoms with Gasteiger partial charge in [0.15, 0.2) is 5.69 Å². The van der Waals surface area contributed by atoms with Gasteiger partial charge in [-0.05, 0) is 13.0 Å². The molecule has 34 heavy (non-hydrogen) atoms. The van der Waals surface area contributed by atoms with E-state index >= 15 is 0 Å². The van der Waals surface area contributed by atoms with Crippen molar-refractivity contribution >= 4 is 16.9 Å². The molecule has 0 saturated carbocycles. The number of pyridine rings is 1. The minimum absolute atomic E-state index is 0.299. The van der Waals surface area contributed by atoms with E-state index in [-0.39, 0.29) is 0 Å². The third-order valence-electron chi connectivity index (χ3n) is 4.96. The van der Waals surface area contributed by atoms with Crippen LogP contribution >= 0.6 is 0 Å². The zero-order chi connectivity index (χ0) is 24.5. The molecule has 0 amide bonds. The highest BCUT2D eigenvalue weighted by Gasteiger charge is 2.38. The van der Waals surface area contributed by atoms with Gasteiger partial charge in [0.25, 0.3) is 5.89 Å². The van der Waals surface area contributed by atoms with Crippen molar-refractivity contribution < 1.29 is 36.7 Å². The van der Waals surface area contributed by atoms with E-state index in [1.165, 1.54) is 0 Å². The van der Waals surface area contributed by atoms with Crippen LogP contribution < -0.4 is 10.1 Å². The number of alkyl halides is 3. The van der Waals surface area contributed by atoms with Crippen molar-refractivity contribution in [2.45, 2.75) is 19.0 Å². The van der Waals surface area contributed by atoms with Gasteiger partial charge in [0.05, 0.1) is 18.5 Å². The summed E-state index contributed by atoms with van der Waals surface area (Å²) in [7, 11) is 1.58. The number of fused-ring (bicyclic) bond motifs is 1. The summed E-state index contributed by atoms with van der Waals surface area (Å²) in [5.41, 5.74) is 2.17. The Hall–Kier alpha value is -4.00. The molecule has 4 heterocycles. The first-order chi connectivity index (χ1) is 16.2. The maximum Gasteiger partial charge on any atom is 0.490 e. The Bertz CT molecular complexity index is 1330. The Morgan fingerprint density at radius 3 is 2.53 bits per heavy atom. The lowest BCUT2D eigenvalue weighted by atomic mass is 10.0. The molecule has 1 aromatic carbocycles. The molecule has 0 unspecified atom stereocenters.